The zero-order chi connectivity index (χ0) is 17.2. The van der Waals surface area contributed by atoms with Gasteiger partial charge in [0.15, 0.2) is 6.29 Å². The second kappa shape index (κ2) is 10.9. The standard InChI is InChI=1S/C15H30N2O6/c1-10(14(21)17-7-3-2-6-16)5-4-8-22-15-13(20)12(19)11(9-18)23-15/h10-13,15,18-20H,2-9,16H2,1H3,(H,17,21)/t10?,11-,12-,13+,15+/m0/s1. The number of aliphatic hydroxyl groups is 3. The van der Waals surface area contributed by atoms with Gasteiger partial charge in [-0.05, 0) is 32.2 Å². The summed E-state index contributed by atoms with van der Waals surface area (Å²) in [5.41, 5.74) is 5.39. The lowest BCUT2D eigenvalue weighted by Crippen LogP contribution is -2.34. The molecule has 0 aliphatic carbocycles. The second-order valence-corrected chi connectivity index (χ2v) is 5.91. The third-order valence-corrected chi connectivity index (χ3v) is 3.94. The third kappa shape index (κ3) is 6.70. The number of carbonyl (C=O) groups excluding carboxylic acids is 1. The average molecular weight is 334 g/mol. The van der Waals surface area contributed by atoms with E-state index >= 15 is 0 Å². The van der Waals surface area contributed by atoms with Crippen LogP contribution in [0, 0.1) is 5.92 Å². The molecule has 1 saturated heterocycles. The minimum Gasteiger partial charge on any atom is -0.394 e. The lowest BCUT2D eigenvalue weighted by molar-refractivity contribution is -0.170. The smallest absolute Gasteiger partial charge is 0.222 e. The van der Waals surface area contributed by atoms with Gasteiger partial charge in [0.05, 0.1) is 6.61 Å². The Kier molecular flexibility index (Phi) is 9.61. The van der Waals surface area contributed by atoms with Crippen LogP contribution in [0.4, 0.5) is 0 Å². The molecule has 0 aromatic carbocycles. The molecule has 1 unspecified atom stereocenters. The molecule has 136 valence electrons. The molecule has 0 radical (unpaired) electrons. The van der Waals surface area contributed by atoms with E-state index in [0.717, 1.165) is 12.8 Å². The van der Waals surface area contributed by atoms with E-state index < -0.39 is 24.6 Å². The van der Waals surface area contributed by atoms with Crippen LogP contribution >= 0.6 is 0 Å². The van der Waals surface area contributed by atoms with Gasteiger partial charge in [-0.3, -0.25) is 4.79 Å². The van der Waals surface area contributed by atoms with Gasteiger partial charge < -0.3 is 35.8 Å². The predicted octanol–water partition coefficient (Wildman–Crippen LogP) is -1.29. The average Bonchev–Trinajstić information content (AvgIpc) is 2.82. The van der Waals surface area contributed by atoms with Crippen LogP contribution in [0.5, 0.6) is 0 Å². The summed E-state index contributed by atoms with van der Waals surface area (Å²) in [5, 5.41) is 31.1. The number of amides is 1. The van der Waals surface area contributed by atoms with Crippen molar-refractivity contribution in [3.8, 4) is 0 Å². The first kappa shape index (κ1) is 20.3. The summed E-state index contributed by atoms with van der Waals surface area (Å²) in [6, 6.07) is 0. The summed E-state index contributed by atoms with van der Waals surface area (Å²) in [5.74, 6) is -0.114. The molecule has 0 spiro atoms. The van der Waals surface area contributed by atoms with E-state index in [-0.39, 0.29) is 18.4 Å². The first-order valence-electron chi connectivity index (χ1n) is 8.23. The largest absolute Gasteiger partial charge is 0.394 e. The summed E-state index contributed by atoms with van der Waals surface area (Å²) < 4.78 is 10.6. The highest BCUT2D eigenvalue weighted by molar-refractivity contribution is 5.78. The molecular formula is C15H30N2O6. The van der Waals surface area contributed by atoms with Crippen LogP contribution in [-0.4, -0.2) is 72.1 Å². The van der Waals surface area contributed by atoms with E-state index in [1.165, 1.54) is 0 Å². The molecule has 0 aromatic heterocycles. The molecule has 8 nitrogen and oxygen atoms in total. The summed E-state index contributed by atoms with van der Waals surface area (Å²) in [7, 11) is 0. The number of hydrogen-bond acceptors (Lipinski definition) is 7. The molecule has 1 fully saturated rings. The number of nitrogens with two attached hydrogens (primary N) is 1. The van der Waals surface area contributed by atoms with Crippen molar-refractivity contribution in [1.29, 1.82) is 0 Å². The van der Waals surface area contributed by atoms with E-state index in [1.54, 1.807) is 0 Å². The highest BCUT2D eigenvalue weighted by atomic mass is 16.7. The van der Waals surface area contributed by atoms with Crippen LogP contribution in [0.1, 0.15) is 32.6 Å². The number of rotatable bonds is 11. The van der Waals surface area contributed by atoms with Gasteiger partial charge >= 0.3 is 0 Å². The molecule has 5 atom stereocenters. The quantitative estimate of drug-likeness (QED) is 0.297. The Bertz CT molecular complexity index is 344. The van der Waals surface area contributed by atoms with Crippen molar-refractivity contribution in [1.82, 2.24) is 5.32 Å². The summed E-state index contributed by atoms with van der Waals surface area (Å²) in [6.07, 6.45) is -1.04. The molecule has 8 heteroatoms. The Hall–Kier alpha value is -0.770. The Balaban J connectivity index is 2.13. The summed E-state index contributed by atoms with van der Waals surface area (Å²) in [6.45, 7) is 3.05. The van der Waals surface area contributed by atoms with Crippen molar-refractivity contribution in [2.75, 3.05) is 26.3 Å². The second-order valence-electron chi connectivity index (χ2n) is 5.91. The topological polar surface area (TPSA) is 134 Å². The minimum absolute atomic E-state index is 0.00920. The zero-order valence-corrected chi connectivity index (χ0v) is 13.7. The first-order chi connectivity index (χ1) is 11.0. The Morgan fingerprint density at radius 3 is 2.65 bits per heavy atom. The van der Waals surface area contributed by atoms with Crippen LogP contribution < -0.4 is 11.1 Å². The van der Waals surface area contributed by atoms with E-state index in [4.69, 9.17) is 20.3 Å². The van der Waals surface area contributed by atoms with Gasteiger partial charge in [0, 0.05) is 19.1 Å². The van der Waals surface area contributed by atoms with Crippen LogP contribution in [0.15, 0.2) is 0 Å². The third-order valence-electron chi connectivity index (χ3n) is 3.94. The molecule has 1 aliphatic heterocycles. The molecule has 0 saturated carbocycles. The number of hydrogen-bond donors (Lipinski definition) is 5. The van der Waals surface area contributed by atoms with Crippen LogP contribution in [-0.2, 0) is 14.3 Å². The molecule has 0 bridgehead atoms. The zero-order valence-electron chi connectivity index (χ0n) is 13.7. The van der Waals surface area contributed by atoms with Crippen molar-refractivity contribution in [3.63, 3.8) is 0 Å². The van der Waals surface area contributed by atoms with Crippen LogP contribution in [0.25, 0.3) is 0 Å². The maximum absolute atomic E-state index is 11.8. The van der Waals surface area contributed by atoms with Crippen LogP contribution in [0.2, 0.25) is 0 Å². The van der Waals surface area contributed by atoms with Gasteiger partial charge in [-0.2, -0.15) is 0 Å². The number of aliphatic hydroxyl groups excluding tert-OH is 3. The minimum atomic E-state index is -1.17. The van der Waals surface area contributed by atoms with E-state index in [1.807, 2.05) is 6.92 Å². The number of carbonyl (C=O) groups is 1. The fraction of sp³-hybridized carbons (Fsp3) is 0.933. The number of unbranched alkanes of at least 4 members (excludes halogenated alkanes) is 1. The van der Waals surface area contributed by atoms with E-state index in [0.29, 0.717) is 32.5 Å². The van der Waals surface area contributed by atoms with Gasteiger partial charge in [0.1, 0.15) is 18.3 Å². The molecule has 6 N–H and O–H groups in total. The Morgan fingerprint density at radius 2 is 2.04 bits per heavy atom. The molecule has 1 rings (SSSR count). The highest BCUT2D eigenvalue weighted by Crippen LogP contribution is 2.22. The SMILES string of the molecule is CC(CCCO[C@@H]1O[C@@H](CO)[C@H](O)[C@H]1O)C(=O)NCCCCN. The maximum Gasteiger partial charge on any atom is 0.222 e. The van der Waals surface area contributed by atoms with Crippen molar-refractivity contribution < 1.29 is 29.6 Å². The highest BCUT2D eigenvalue weighted by Gasteiger charge is 2.42. The fourth-order valence-corrected chi connectivity index (χ4v) is 2.38. The summed E-state index contributed by atoms with van der Waals surface area (Å²) >= 11 is 0. The molecule has 1 amide bonds. The van der Waals surface area contributed by atoms with Gasteiger partial charge in [-0.1, -0.05) is 6.92 Å². The van der Waals surface area contributed by atoms with E-state index in [2.05, 4.69) is 5.32 Å². The lowest BCUT2D eigenvalue weighted by Gasteiger charge is -2.16. The molecule has 23 heavy (non-hydrogen) atoms. The number of nitrogens with one attached hydrogen (secondary N) is 1. The van der Waals surface area contributed by atoms with Crippen molar-refractivity contribution in [3.05, 3.63) is 0 Å². The molecular weight excluding hydrogens is 304 g/mol. The van der Waals surface area contributed by atoms with Crippen molar-refractivity contribution >= 4 is 5.91 Å². The molecule has 1 aliphatic rings. The Morgan fingerprint density at radius 1 is 1.30 bits per heavy atom. The normalized spacial score (nSPS) is 28.7. The van der Waals surface area contributed by atoms with Gasteiger partial charge in [-0.25, -0.2) is 0 Å². The van der Waals surface area contributed by atoms with Crippen LogP contribution in [0.3, 0.4) is 0 Å². The van der Waals surface area contributed by atoms with E-state index in [9.17, 15) is 15.0 Å². The maximum atomic E-state index is 11.8. The van der Waals surface area contributed by atoms with Crippen molar-refractivity contribution in [2.24, 2.45) is 11.7 Å². The van der Waals surface area contributed by atoms with Gasteiger partial charge in [0.2, 0.25) is 5.91 Å². The lowest BCUT2D eigenvalue weighted by atomic mass is 10.1. The summed E-state index contributed by atoms with van der Waals surface area (Å²) in [4.78, 5) is 11.8. The monoisotopic (exact) mass is 334 g/mol. The fourth-order valence-electron chi connectivity index (χ4n) is 2.38. The molecule has 0 aromatic rings. The first-order valence-corrected chi connectivity index (χ1v) is 8.23. The molecule has 1 heterocycles. The van der Waals surface area contributed by atoms with Gasteiger partial charge in [0.25, 0.3) is 0 Å². The van der Waals surface area contributed by atoms with Gasteiger partial charge in [-0.15, -0.1) is 0 Å². The van der Waals surface area contributed by atoms with Crippen molar-refractivity contribution in [2.45, 2.75) is 57.2 Å². The predicted molar refractivity (Wildman–Crippen MR) is 83.4 cm³/mol. The Labute approximate surface area is 137 Å². The number of ether oxygens (including phenoxy) is 2.